The zero-order chi connectivity index (χ0) is 12.0. The standard InChI is InChI=1S/C12H15BrN2O/c1-9(15)11-8-10(13)4-5-12(11)16-7-3-2-6-14/h4-5,8-9H,2-3,7,15H2,1H3. The smallest absolute Gasteiger partial charge is 0.124 e. The highest BCUT2D eigenvalue weighted by atomic mass is 79.9. The Balaban J connectivity index is 2.68. The second-order valence-electron chi connectivity index (χ2n) is 3.58. The average Bonchev–Trinajstić information content (AvgIpc) is 2.26. The van der Waals surface area contributed by atoms with E-state index in [1.807, 2.05) is 25.1 Å². The molecule has 0 saturated heterocycles. The summed E-state index contributed by atoms with van der Waals surface area (Å²) in [6.07, 6.45) is 1.26. The van der Waals surface area contributed by atoms with E-state index in [2.05, 4.69) is 22.0 Å². The Morgan fingerprint density at radius 3 is 2.94 bits per heavy atom. The van der Waals surface area contributed by atoms with Crippen LogP contribution >= 0.6 is 15.9 Å². The zero-order valence-corrected chi connectivity index (χ0v) is 10.8. The summed E-state index contributed by atoms with van der Waals surface area (Å²) in [5, 5.41) is 8.41. The summed E-state index contributed by atoms with van der Waals surface area (Å²) in [6, 6.07) is 7.80. The summed E-state index contributed by atoms with van der Waals surface area (Å²) in [4.78, 5) is 0. The minimum absolute atomic E-state index is 0.0662. The number of rotatable bonds is 5. The summed E-state index contributed by atoms with van der Waals surface area (Å²) < 4.78 is 6.59. The molecule has 0 heterocycles. The second kappa shape index (κ2) is 6.51. The van der Waals surface area contributed by atoms with Crippen LogP contribution in [-0.2, 0) is 0 Å². The van der Waals surface area contributed by atoms with Crippen LogP contribution in [0.25, 0.3) is 0 Å². The van der Waals surface area contributed by atoms with Crippen molar-refractivity contribution in [1.82, 2.24) is 0 Å². The van der Waals surface area contributed by atoms with E-state index in [9.17, 15) is 0 Å². The lowest BCUT2D eigenvalue weighted by molar-refractivity contribution is 0.308. The van der Waals surface area contributed by atoms with Gasteiger partial charge in [0.05, 0.1) is 12.7 Å². The fourth-order valence-electron chi connectivity index (χ4n) is 1.34. The molecule has 2 N–H and O–H groups in total. The van der Waals surface area contributed by atoms with Crippen molar-refractivity contribution in [2.24, 2.45) is 5.73 Å². The molecule has 0 aliphatic rings. The Kier molecular flexibility index (Phi) is 5.30. The van der Waals surface area contributed by atoms with Crippen LogP contribution < -0.4 is 10.5 Å². The van der Waals surface area contributed by atoms with E-state index in [1.54, 1.807) is 0 Å². The predicted octanol–water partition coefficient (Wildman–Crippen LogP) is 3.15. The summed E-state index contributed by atoms with van der Waals surface area (Å²) in [7, 11) is 0. The Morgan fingerprint density at radius 2 is 2.31 bits per heavy atom. The molecule has 86 valence electrons. The average molecular weight is 283 g/mol. The Morgan fingerprint density at radius 1 is 1.56 bits per heavy atom. The first-order valence-electron chi connectivity index (χ1n) is 5.20. The largest absolute Gasteiger partial charge is 0.493 e. The van der Waals surface area contributed by atoms with Crippen molar-refractivity contribution in [2.75, 3.05) is 6.61 Å². The molecule has 0 spiro atoms. The first-order valence-corrected chi connectivity index (χ1v) is 5.99. The SMILES string of the molecule is CC(N)c1cc(Br)ccc1OCCCC#N. The molecule has 0 bridgehead atoms. The number of ether oxygens (including phenoxy) is 1. The van der Waals surface area contributed by atoms with Gasteiger partial charge in [0.1, 0.15) is 5.75 Å². The molecule has 1 aromatic carbocycles. The first-order chi connectivity index (χ1) is 7.65. The van der Waals surface area contributed by atoms with E-state index in [-0.39, 0.29) is 6.04 Å². The molecular weight excluding hydrogens is 268 g/mol. The van der Waals surface area contributed by atoms with Gasteiger partial charge in [-0.1, -0.05) is 15.9 Å². The third-order valence-corrected chi connectivity index (χ3v) is 2.65. The summed E-state index contributed by atoms with van der Waals surface area (Å²) in [5.41, 5.74) is 6.84. The predicted molar refractivity (Wildman–Crippen MR) is 67.1 cm³/mol. The summed E-state index contributed by atoms with van der Waals surface area (Å²) >= 11 is 3.40. The van der Waals surface area contributed by atoms with Crippen LogP contribution in [0.2, 0.25) is 0 Å². The molecule has 3 nitrogen and oxygen atoms in total. The van der Waals surface area contributed by atoms with E-state index < -0.39 is 0 Å². The Labute approximate surface area is 104 Å². The van der Waals surface area contributed by atoms with E-state index in [0.717, 1.165) is 22.2 Å². The molecule has 0 amide bonds. The second-order valence-corrected chi connectivity index (χ2v) is 4.50. The monoisotopic (exact) mass is 282 g/mol. The van der Waals surface area contributed by atoms with Crippen molar-refractivity contribution in [3.63, 3.8) is 0 Å². The zero-order valence-electron chi connectivity index (χ0n) is 9.24. The van der Waals surface area contributed by atoms with E-state index in [4.69, 9.17) is 15.7 Å². The number of hydrogen-bond acceptors (Lipinski definition) is 3. The van der Waals surface area contributed by atoms with Gasteiger partial charge in [-0.15, -0.1) is 0 Å². The fourth-order valence-corrected chi connectivity index (χ4v) is 1.72. The highest BCUT2D eigenvalue weighted by Gasteiger charge is 2.08. The van der Waals surface area contributed by atoms with Gasteiger partial charge in [0, 0.05) is 22.5 Å². The molecule has 1 unspecified atom stereocenters. The molecule has 16 heavy (non-hydrogen) atoms. The topological polar surface area (TPSA) is 59.0 Å². The van der Waals surface area contributed by atoms with Crippen LogP contribution in [0, 0.1) is 11.3 Å². The van der Waals surface area contributed by atoms with Crippen molar-refractivity contribution < 1.29 is 4.74 Å². The maximum atomic E-state index is 8.41. The molecule has 0 aromatic heterocycles. The third kappa shape index (κ3) is 3.84. The number of nitriles is 1. The van der Waals surface area contributed by atoms with Crippen LogP contribution in [0.3, 0.4) is 0 Å². The third-order valence-electron chi connectivity index (χ3n) is 2.15. The molecule has 1 aromatic rings. The van der Waals surface area contributed by atoms with Gasteiger partial charge in [-0.25, -0.2) is 0 Å². The normalized spacial score (nSPS) is 11.9. The lowest BCUT2D eigenvalue weighted by atomic mass is 10.1. The molecule has 1 rings (SSSR count). The molecule has 1 atom stereocenters. The van der Waals surface area contributed by atoms with Crippen LogP contribution in [0.4, 0.5) is 0 Å². The highest BCUT2D eigenvalue weighted by molar-refractivity contribution is 9.10. The van der Waals surface area contributed by atoms with Crippen molar-refractivity contribution in [3.8, 4) is 11.8 Å². The van der Waals surface area contributed by atoms with Gasteiger partial charge in [0.15, 0.2) is 0 Å². The molecule has 0 saturated carbocycles. The lowest BCUT2D eigenvalue weighted by Gasteiger charge is -2.14. The minimum Gasteiger partial charge on any atom is -0.493 e. The lowest BCUT2D eigenvalue weighted by Crippen LogP contribution is -2.08. The van der Waals surface area contributed by atoms with Gasteiger partial charge in [0.25, 0.3) is 0 Å². The number of halogens is 1. The first kappa shape index (κ1) is 13.0. The van der Waals surface area contributed by atoms with Crippen molar-refractivity contribution in [2.45, 2.75) is 25.8 Å². The fraction of sp³-hybridized carbons (Fsp3) is 0.417. The quantitative estimate of drug-likeness (QED) is 0.844. The van der Waals surface area contributed by atoms with E-state index in [0.29, 0.717) is 13.0 Å². The van der Waals surface area contributed by atoms with Gasteiger partial charge in [-0.2, -0.15) is 5.26 Å². The number of nitrogens with zero attached hydrogens (tertiary/aromatic N) is 1. The minimum atomic E-state index is -0.0662. The van der Waals surface area contributed by atoms with Gasteiger partial charge in [0.2, 0.25) is 0 Å². The van der Waals surface area contributed by atoms with E-state index in [1.165, 1.54) is 0 Å². The van der Waals surface area contributed by atoms with Crippen LogP contribution in [-0.4, -0.2) is 6.61 Å². The summed E-state index contributed by atoms with van der Waals surface area (Å²) in [5.74, 6) is 0.802. The van der Waals surface area contributed by atoms with Gasteiger partial charge < -0.3 is 10.5 Å². The highest BCUT2D eigenvalue weighted by Crippen LogP contribution is 2.27. The number of nitrogens with two attached hydrogens (primary N) is 1. The number of benzene rings is 1. The van der Waals surface area contributed by atoms with Crippen LogP contribution in [0.1, 0.15) is 31.4 Å². The Bertz CT molecular complexity index is 385. The van der Waals surface area contributed by atoms with Crippen molar-refractivity contribution in [3.05, 3.63) is 28.2 Å². The maximum Gasteiger partial charge on any atom is 0.124 e. The Hall–Kier alpha value is -1.05. The molecule has 4 heteroatoms. The number of unbranched alkanes of at least 4 members (excludes halogenated alkanes) is 1. The number of hydrogen-bond donors (Lipinski definition) is 1. The molecule has 0 radical (unpaired) electrons. The van der Waals surface area contributed by atoms with E-state index >= 15 is 0 Å². The van der Waals surface area contributed by atoms with Gasteiger partial charge in [-0.3, -0.25) is 0 Å². The van der Waals surface area contributed by atoms with Crippen molar-refractivity contribution >= 4 is 15.9 Å². The van der Waals surface area contributed by atoms with Crippen LogP contribution in [0.5, 0.6) is 5.75 Å². The van der Waals surface area contributed by atoms with Gasteiger partial charge >= 0.3 is 0 Å². The van der Waals surface area contributed by atoms with Crippen LogP contribution in [0.15, 0.2) is 22.7 Å². The summed E-state index contributed by atoms with van der Waals surface area (Å²) in [6.45, 7) is 2.47. The molecular formula is C12H15BrN2O. The molecule has 0 aliphatic heterocycles. The maximum absolute atomic E-state index is 8.41. The van der Waals surface area contributed by atoms with Gasteiger partial charge in [-0.05, 0) is 31.5 Å². The molecule has 0 fully saturated rings. The van der Waals surface area contributed by atoms with Crippen molar-refractivity contribution in [1.29, 1.82) is 5.26 Å². The molecule has 0 aliphatic carbocycles.